The number of fused-ring (bicyclic) bond motifs is 3. The molecule has 3 aromatic rings. The number of hydrogen-bond donors (Lipinski definition) is 4. The number of aromatic nitrogens is 2. The standard InChI is InChI=1S/C26H28N4O5/c1-15(24(31)30-23(25(32)33)11-17-12-27-14-28-17)16(2)29-26(34)35-13-22-20-9-5-3-7-18(20)19-8-4-6-10-21(19)22/h3-10,12,14-16,22-23H,11,13H2,1-2H3,(H,27,28)(H,29,34)(H,30,31)(H,32,33)/t15?,16?,23-/m0/s1. The number of carbonyl (C=O) groups excluding carboxylic acids is 2. The quantitative estimate of drug-likeness (QED) is 0.375. The topological polar surface area (TPSA) is 133 Å². The Morgan fingerprint density at radius 1 is 1.03 bits per heavy atom. The minimum absolute atomic E-state index is 0.0667. The summed E-state index contributed by atoms with van der Waals surface area (Å²) in [4.78, 5) is 43.5. The van der Waals surface area contributed by atoms with Crippen molar-refractivity contribution in [1.29, 1.82) is 0 Å². The molecule has 182 valence electrons. The highest BCUT2D eigenvalue weighted by Gasteiger charge is 2.30. The van der Waals surface area contributed by atoms with E-state index < -0.39 is 36.0 Å². The fourth-order valence-corrected chi connectivity index (χ4v) is 4.30. The molecule has 9 heteroatoms. The van der Waals surface area contributed by atoms with E-state index >= 15 is 0 Å². The van der Waals surface area contributed by atoms with Gasteiger partial charge in [0, 0.05) is 30.3 Å². The van der Waals surface area contributed by atoms with Gasteiger partial charge in [0.05, 0.1) is 12.2 Å². The number of nitrogens with one attached hydrogen (secondary N) is 3. The molecule has 9 nitrogen and oxygen atoms in total. The van der Waals surface area contributed by atoms with Crippen LogP contribution in [0, 0.1) is 5.92 Å². The molecule has 4 rings (SSSR count). The van der Waals surface area contributed by atoms with E-state index in [-0.39, 0.29) is 18.9 Å². The number of rotatable bonds is 9. The number of benzene rings is 2. The lowest BCUT2D eigenvalue weighted by molar-refractivity contribution is -0.142. The molecule has 1 heterocycles. The third kappa shape index (κ3) is 5.34. The zero-order valence-corrected chi connectivity index (χ0v) is 19.5. The van der Waals surface area contributed by atoms with Crippen LogP contribution in [0.3, 0.4) is 0 Å². The zero-order valence-electron chi connectivity index (χ0n) is 19.5. The Morgan fingerprint density at radius 2 is 1.66 bits per heavy atom. The number of nitrogens with zero attached hydrogens (tertiary/aromatic N) is 1. The van der Waals surface area contributed by atoms with Gasteiger partial charge in [-0.05, 0) is 29.2 Å². The van der Waals surface area contributed by atoms with Crippen LogP contribution in [-0.4, -0.2) is 51.7 Å². The molecule has 0 spiro atoms. The first kappa shape index (κ1) is 24.0. The van der Waals surface area contributed by atoms with Crippen molar-refractivity contribution in [2.45, 2.75) is 38.3 Å². The summed E-state index contributed by atoms with van der Waals surface area (Å²) < 4.78 is 5.54. The Morgan fingerprint density at radius 3 is 2.23 bits per heavy atom. The molecule has 0 radical (unpaired) electrons. The third-order valence-electron chi connectivity index (χ3n) is 6.45. The maximum atomic E-state index is 12.7. The number of carboxylic acids is 1. The minimum Gasteiger partial charge on any atom is -0.480 e. The van der Waals surface area contributed by atoms with Crippen LogP contribution in [0.1, 0.15) is 36.6 Å². The van der Waals surface area contributed by atoms with E-state index in [0.29, 0.717) is 5.69 Å². The summed E-state index contributed by atoms with van der Waals surface area (Å²) in [5.74, 6) is -2.39. The van der Waals surface area contributed by atoms with E-state index in [2.05, 4.69) is 32.7 Å². The second kappa shape index (κ2) is 10.4. The van der Waals surface area contributed by atoms with Crippen molar-refractivity contribution in [2.75, 3.05) is 6.61 Å². The third-order valence-corrected chi connectivity index (χ3v) is 6.45. The number of carboxylic acid groups (broad SMARTS) is 1. The van der Waals surface area contributed by atoms with Crippen molar-refractivity contribution in [3.05, 3.63) is 77.9 Å². The summed E-state index contributed by atoms with van der Waals surface area (Å²) in [7, 11) is 0. The molecular weight excluding hydrogens is 448 g/mol. The van der Waals surface area contributed by atoms with Gasteiger partial charge in [-0.25, -0.2) is 14.6 Å². The molecule has 2 unspecified atom stereocenters. The van der Waals surface area contributed by atoms with E-state index in [1.165, 1.54) is 12.5 Å². The highest BCUT2D eigenvalue weighted by molar-refractivity contribution is 5.85. The van der Waals surface area contributed by atoms with Gasteiger partial charge in [0.15, 0.2) is 0 Å². The summed E-state index contributed by atoms with van der Waals surface area (Å²) in [5, 5.41) is 14.7. The molecule has 2 amide bonds. The molecule has 1 aromatic heterocycles. The zero-order chi connectivity index (χ0) is 24.9. The van der Waals surface area contributed by atoms with Gasteiger partial charge >= 0.3 is 12.1 Å². The molecule has 0 saturated heterocycles. The van der Waals surface area contributed by atoms with Gasteiger partial charge in [-0.1, -0.05) is 55.5 Å². The summed E-state index contributed by atoms with van der Waals surface area (Å²) in [6, 6.07) is 14.4. The highest BCUT2D eigenvalue weighted by Crippen LogP contribution is 2.44. The average molecular weight is 477 g/mol. The smallest absolute Gasteiger partial charge is 0.407 e. The van der Waals surface area contributed by atoms with E-state index in [0.717, 1.165) is 22.3 Å². The van der Waals surface area contributed by atoms with Crippen LogP contribution in [0.25, 0.3) is 11.1 Å². The number of aliphatic carboxylic acids is 1. The number of hydrogen-bond acceptors (Lipinski definition) is 5. The van der Waals surface area contributed by atoms with E-state index in [1.54, 1.807) is 13.8 Å². The van der Waals surface area contributed by atoms with Crippen LogP contribution in [0.4, 0.5) is 4.79 Å². The maximum Gasteiger partial charge on any atom is 0.407 e. The fraction of sp³-hybridized carbons (Fsp3) is 0.308. The van der Waals surface area contributed by atoms with Crippen molar-refractivity contribution in [2.24, 2.45) is 5.92 Å². The molecular formula is C26H28N4O5. The number of ether oxygens (including phenoxy) is 1. The predicted molar refractivity (Wildman–Crippen MR) is 129 cm³/mol. The number of imidazole rings is 1. The summed E-state index contributed by atoms with van der Waals surface area (Å²) in [6.45, 7) is 3.47. The Labute approximate surface area is 202 Å². The van der Waals surface area contributed by atoms with Crippen molar-refractivity contribution >= 4 is 18.0 Å². The summed E-state index contributed by atoms with van der Waals surface area (Å²) in [5.41, 5.74) is 5.09. The molecule has 35 heavy (non-hydrogen) atoms. The molecule has 0 saturated carbocycles. The van der Waals surface area contributed by atoms with Gasteiger partial charge < -0.3 is 25.5 Å². The Balaban J connectivity index is 1.32. The molecule has 4 N–H and O–H groups in total. The van der Waals surface area contributed by atoms with Gasteiger partial charge in [0.1, 0.15) is 12.6 Å². The van der Waals surface area contributed by atoms with E-state index in [9.17, 15) is 19.5 Å². The molecule has 3 atom stereocenters. The number of H-pyrrole nitrogens is 1. The Bertz CT molecular complexity index is 1160. The van der Waals surface area contributed by atoms with Gasteiger partial charge in [-0.3, -0.25) is 4.79 Å². The highest BCUT2D eigenvalue weighted by atomic mass is 16.5. The Hall–Kier alpha value is -4.14. The Kier molecular flexibility index (Phi) is 7.14. The monoisotopic (exact) mass is 476 g/mol. The van der Waals surface area contributed by atoms with Crippen LogP contribution < -0.4 is 10.6 Å². The molecule has 0 fully saturated rings. The van der Waals surface area contributed by atoms with Gasteiger partial charge in [0.2, 0.25) is 5.91 Å². The first-order valence-corrected chi connectivity index (χ1v) is 11.5. The number of carbonyl (C=O) groups is 3. The molecule has 0 bridgehead atoms. The maximum absolute atomic E-state index is 12.7. The predicted octanol–water partition coefficient (Wildman–Crippen LogP) is 3.08. The van der Waals surface area contributed by atoms with E-state index in [4.69, 9.17) is 4.74 Å². The lowest BCUT2D eigenvalue weighted by atomic mass is 9.98. The lowest BCUT2D eigenvalue weighted by Crippen LogP contribution is -2.49. The second-order valence-electron chi connectivity index (χ2n) is 8.73. The van der Waals surface area contributed by atoms with Crippen LogP contribution in [0.15, 0.2) is 61.1 Å². The number of alkyl carbamates (subject to hydrolysis) is 1. The van der Waals surface area contributed by atoms with Crippen molar-refractivity contribution in [3.63, 3.8) is 0 Å². The molecule has 0 aliphatic heterocycles. The molecule has 1 aliphatic rings. The molecule has 1 aliphatic carbocycles. The largest absolute Gasteiger partial charge is 0.480 e. The van der Waals surface area contributed by atoms with Crippen LogP contribution >= 0.6 is 0 Å². The first-order chi connectivity index (χ1) is 16.8. The summed E-state index contributed by atoms with van der Waals surface area (Å²) >= 11 is 0. The van der Waals surface area contributed by atoms with E-state index in [1.807, 2.05) is 36.4 Å². The van der Waals surface area contributed by atoms with Crippen molar-refractivity contribution in [1.82, 2.24) is 20.6 Å². The number of amides is 2. The number of aromatic amines is 1. The second-order valence-corrected chi connectivity index (χ2v) is 8.73. The lowest BCUT2D eigenvalue weighted by Gasteiger charge is -2.23. The van der Waals surface area contributed by atoms with Crippen LogP contribution in [-0.2, 0) is 20.7 Å². The van der Waals surface area contributed by atoms with Crippen molar-refractivity contribution < 1.29 is 24.2 Å². The van der Waals surface area contributed by atoms with Gasteiger partial charge in [0.25, 0.3) is 0 Å². The molecule has 2 aromatic carbocycles. The first-order valence-electron chi connectivity index (χ1n) is 11.5. The average Bonchev–Trinajstić information content (AvgIpc) is 3.47. The van der Waals surface area contributed by atoms with Gasteiger partial charge in [-0.2, -0.15) is 0 Å². The normalized spacial score (nSPS) is 14.8. The fourth-order valence-electron chi connectivity index (χ4n) is 4.30. The van der Waals surface area contributed by atoms with Crippen molar-refractivity contribution in [3.8, 4) is 11.1 Å². The van der Waals surface area contributed by atoms with Gasteiger partial charge in [-0.15, -0.1) is 0 Å². The summed E-state index contributed by atoms with van der Waals surface area (Å²) in [6.07, 6.45) is 2.39. The van der Waals surface area contributed by atoms with Crippen LogP contribution in [0.2, 0.25) is 0 Å². The SMILES string of the molecule is CC(NC(=O)OCC1c2ccccc2-c2ccccc21)C(C)C(=O)N[C@@H](Cc1cnc[nH]1)C(=O)O. The van der Waals surface area contributed by atoms with Crippen LogP contribution in [0.5, 0.6) is 0 Å². The minimum atomic E-state index is -1.16.